The smallest absolute Gasteiger partial charge is 0.204 e. The van der Waals surface area contributed by atoms with Crippen LogP contribution < -0.4 is 14.2 Å². The van der Waals surface area contributed by atoms with Crippen molar-refractivity contribution in [2.45, 2.75) is 25.4 Å². The molecule has 1 atom stereocenters. The highest BCUT2D eigenvalue weighted by Gasteiger charge is 2.33. The molecule has 1 fully saturated rings. The molecule has 0 spiro atoms. The third-order valence-corrected chi connectivity index (χ3v) is 5.59. The molecule has 4 rings (SSSR count). The Balaban J connectivity index is 1.43. The molecule has 6 heteroatoms. The molecule has 0 bridgehead atoms. The third kappa shape index (κ3) is 3.98. The van der Waals surface area contributed by atoms with Gasteiger partial charge in [0.05, 0.1) is 20.8 Å². The van der Waals surface area contributed by atoms with Gasteiger partial charge in [-0.05, 0) is 67.9 Å². The van der Waals surface area contributed by atoms with Gasteiger partial charge in [0.2, 0.25) is 5.78 Å². The maximum atomic E-state index is 12.8. The van der Waals surface area contributed by atoms with Crippen LogP contribution in [-0.4, -0.2) is 56.4 Å². The molecule has 0 N–H and O–H groups in total. The number of benzene rings is 2. The molecule has 1 aliphatic carbocycles. The van der Waals surface area contributed by atoms with Crippen molar-refractivity contribution in [1.29, 1.82) is 0 Å². The van der Waals surface area contributed by atoms with E-state index < -0.39 is 6.10 Å². The van der Waals surface area contributed by atoms with Crippen LogP contribution in [0, 0.1) is 0 Å². The van der Waals surface area contributed by atoms with Gasteiger partial charge in [-0.25, -0.2) is 0 Å². The number of Topliss-reactive ketones (excluding diaryl/α,β-unsaturated/α-hetero) is 2. The first-order valence-electron chi connectivity index (χ1n) is 9.90. The van der Waals surface area contributed by atoms with Gasteiger partial charge in [-0.15, -0.1) is 0 Å². The topological polar surface area (TPSA) is 65.1 Å². The van der Waals surface area contributed by atoms with Crippen molar-refractivity contribution in [3.05, 3.63) is 53.1 Å². The lowest BCUT2D eigenvalue weighted by atomic mass is 10.1. The Kier molecular flexibility index (Phi) is 5.53. The Bertz CT molecular complexity index is 916. The van der Waals surface area contributed by atoms with Crippen LogP contribution in [0.25, 0.3) is 0 Å². The monoisotopic (exact) mass is 395 g/mol. The second-order valence-electron chi connectivity index (χ2n) is 7.47. The van der Waals surface area contributed by atoms with Crippen LogP contribution in [0.1, 0.15) is 39.1 Å². The lowest BCUT2D eigenvalue weighted by Gasteiger charge is -2.14. The zero-order chi connectivity index (χ0) is 20.4. The number of hydrogen-bond acceptors (Lipinski definition) is 6. The summed E-state index contributed by atoms with van der Waals surface area (Å²) in [6.07, 6.45) is 2.21. The molecular formula is C23H25NO5. The van der Waals surface area contributed by atoms with E-state index in [1.807, 2.05) is 6.07 Å². The number of ketones is 2. The molecule has 1 unspecified atom stereocenters. The average Bonchev–Trinajstić information content (AvgIpc) is 3.35. The minimum atomic E-state index is -0.590. The molecule has 0 amide bonds. The van der Waals surface area contributed by atoms with Gasteiger partial charge in [-0.3, -0.25) is 14.5 Å². The molecule has 29 heavy (non-hydrogen) atoms. The van der Waals surface area contributed by atoms with Gasteiger partial charge in [0, 0.05) is 17.5 Å². The molecule has 152 valence electrons. The minimum absolute atomic E-state index is 0.0739. The van der Waals surface area contributed by atoms with Gasteiger partial charge in [-0.2, -0.15) is 0 Å². The highest BCUT2D eigenvalue weighted by atomic mass is 16.5. The Labute approximate surface area is 170 Å². The number of methoxy groups -OCH3 is 2. The summed E-state index contributed by atoms with van der Waals surface area (Å²) in [5.74, 6) is 1.74. The summed E-state index contributed by atoms with van der Waals surface area (Å²) in [4.78, 5) is 27.4. The highest BCUT2D eigenvalue weighted by molar-refractivity contribution is 6.04. The van der Waals surface area contributed by atoms with E-state index in [1.165, 1.54) is 0 Å². The molecule has 1 saturated heterocycles. The van der Waals surface area contributed by atoms with E-state index >= 15 is 0 Å². The predicted molar refractivity (Wildman–Crippen MR) is 108 cm³/mol. The number of fused-ring (bicyclic) bond motifs is 1. The third-order valence-electron chi connectivity index (χ3n) is 5.59. The number of rotatable bonds is 7. The Morgan fingerprint density at radius 3 is 2.34 bits per heavy atom. The van der Waals surface area contributed by atoms with Gasteiger partial charge >= 0.3 is 0 Å². The molecule has 1 heterocycles. The Morgan fingerprint density at radius 2 is 1.69 bits per heavy atom. The van der Waals surface area contributed by atoms with Crippen molar-refractivity contribution < 1.29 is 23.8 Å². The molecule has 2 aliphatic rings. The Hall–Kier alpha value is -2.86. The average molecular weight is 395 g/mol. The highest BCUT2D eigenvalue weighted by Crippen LogP contribution is 2.36. The maximum Gasteiger partial charge on any atom is 0.204 e. The van der Waals surface area contributed by atoms with E-state index in [-0.39, 0.29) is 11.6 Å². The quantitative estimate of drug-likeness (QED) is 0.671. The first-order chi connectivity index (χ1) is 14.1. The second kappa shape index (κ2) is 8.25. The summed E-state index contributed by atoms with van der Waals surface area (Å²) in [7, 11) is 3.12. The first-order valence-corrected chi connectivity index (χ1v) is 9.90. The number of ether oxygens (including phenoxy) is 3. The zero-order valence-corrected chi connectivity index (χ0v) is 16.8. The van der Waals surface area contributed by atoms with Crippen LogP contribution in [0.4, 0.5) is 0 Å². The van der Waals surface area contributed by atoms with Gasteiger partial charge in [0.1, 0.15) is 5.75 Å². The molecule has 2 aromatic carbocycles. The van der Waals surface area contributed by atoms with Crippen LogP contribution in [-0.2, 0) is 6.42 Å². The Morgan fingerprint density at radius 1 is 1.03 bits per heavy atom. The van der Waals surface area contributed by atoms with E-state index in [2.05, 4.69) is 4.90 Å². The van der Waals surface area contributed by atoms with Crippen molar-refractivity contribution in [1.82, 2.24) is 4.90 Å². The molecular weight excluding hydrogens is 370 g/mol. The number of hydrogen-bond donors (Lipinski definition) is 0. The van der Waals surface area contributed by atoms with Crippen LogP contribution >= 0.6 is 0 Å². The molecule has 2 aromatic rings. The van der Waals surface area contributed by atoms with Crippen molar-refractivity contribution in [3.63, 3.8) is 0 Å². The second-order valence-corrected chi connectivity index (χ2v) is 7.47. The predicted octanol–water partition coefficient (Wildman–Crippen LogP) is 3.17. The summed E-state index contributed by atoms with van der Waals surface area (Å²) in [5.41, 5.74) is 2.15. The SMILES string of the molecule is COc1cc2c(cc1OC)C(=O)C(Oc1ccc(C(=O)CN3CCCC3)cc1)C2. The van der Waals surface area contributed by atoms with Crippen molar-refractivity contribution in [2.75, 3.05) is 33.9 Å². The van der Waals surface area contributed by atoms with Crippen LogP contribution in [0.5, 0.6) is 17.2 Å². The van der Waals surface area contributed by atoms with Crippen LogP contribution in [0.3, 0.4) is 0 Å². The molecule has 6 nitrogen and oxygen atoms in total. The van der Waals surface area contributed by atoms with E-state index in [0.29, 0.717) is 41.3 Å². The maximum absolute atomic E-state index is 12.8. The van der Waals surface area contributed by atoms with E-state index in [4.69, 9.17) is 14.2 Å². The summed E-state index contributed by atoms with van der Waals surface area (Å²) in [5, 5.41) is 0. The van der Waals surface area contributed by atoms with Crippen LogP contribution in [0.2, 0.25) is 0 Å². The summed E-state index contributed by atoms with van der Waals surface area (Å²) < 4.78 is 16.5. The fourth-order valence-corrected chi connectivity index (χ4v) is 4.00. The standard InChI is InChI=1S/C23H25NO5/c1-27-20-11-16-12-22(23(26)18(16)13-21(20)28-2)29-17-7-5-15(6-8-17)19(25)14-24-9-3-4-10-24/h5-8,11,13,22H,3-4,9-10,12,14H2,1-2H3. The fraction of sp³-hybridized carbons (Fsp3) is 0.391. The molecule has 0 aromatic heterocycles. The first kappa shape index (κ1) is 19.5. The largest absolute Gasteiger partial charge is 0.493 e. The van der Waals surface area contributed by atoms with Crippen molar-refractivity contribution >= 4 is 11.6 Å². The zero-order valence-electron chi connectivity index (χ0n) is 16.8. The van der Waals surface area contributed by atoms with Crippen molar-refractivity contribution in [2.24, 2.45) is 0 Å². The van der Waals surface area contributed by atoms with E-state index in [0.717, 1.165) is 31.5 Å². The normalized spacial score (nSPS) is 18.6. The summed E-state index contributed by atoms with van der Waals surface area (Å²) >= 11 is 0. The summed E-state index contributed by atoms with van der Waals surface area (Å²) in [6, 6.07) is 10.6. The van der Waals surface area contributed by atoms with Crippen LogP contribution in [0.15, 0.2) is 36.4 Å². The number of carbonyl (C=O) groups is 2. The lowest BCUT2D eigenvalue weighted by Crippen LogP contribution is -2.26. The van der Waals surface area contributed by atoms with Gasteiger partial charge in [0.15, 0.2) is 23.4 Å². The van der Waals surface area contributed by atoms with Gasteiger partial charge in [-0.1, -0.05) is 0 Å². The van der Waals surface area contributed by atoms with Gasteiger partial charge in [0.25, 0.3) is 0 Å². The number of likely N-dealkylation sites (tertiary alicyclic amines) is 1. The van der Waals surface area contributed by atoms with E-state index in [9.17, 15) is 9.59 Å². The van der Waals surface area contributed by atoms with E-state index in [1.54, 1.807) is 44.6 Å². The molecule has 0 radical (unpaired) electrons. The molecule has 1 aliphatic heterocycles. The van der Waals surface area contributed by atoms with Crippen molar-refractivity contribution in [3.8, 4) is 17.2 Å². The summed E-state index contributed by atoms with van der Waals surface area (Å²) in [6.45, 7) is 2.44. The minimum Gasteiger partial charge on any atom is -0.493 e. The lowest BCUT2D eigenvalue weighted by molar-refractivity contribution is 0.0820. The fourth-order valence-electron chi connectivity index (χ4n) is 4.00. The van der Waals surface area contributed by atoms with Gasteiger partial charge < -0.3 is 14.2 Å². The number of nitrogens with zero attached hydrogens (tertiary/aromatic N) is 1. The molecule has 0 saturated carbocycles. The number of carbonyl (C=O) groups excluding carboxylic acids is 2.